The Labute approximate surface area is 163 Å². The third-order valence-corrected chi connectivity index (χ3v) is 4.47. The third kappa shape index (κ3) is 4.94. The molecule has 148 valence electrons. The van der Waals surface area contributed by atoms with Crippen LogP contribution in [0, 0.1) is 13.8 Å². The number of carbonyl (C=O) groups excluding carboxylic acids is 2. The lowest BCUT2D eigenvalue weighted by Crippen LogP contribution is -2.31. The highest BCUT2D eigenvalue weighted by molar-refractivity contribution is 5.81. The molecule has 0 saturated carbocycles. The fraction of sp³-hybridized carbons (Fsp3) is 0.333. The van der Waals surface area contributed by atoms with Crippen molar-refractivity contribution in [3.8, 4) is 17.2 Å². The Morgan fingerprint density at radius 3 is 2.61 bits per heavy atom. The van der Waals surface area contributed by atoms with Gasteiger partial charge in [-0.3, -0.25) is 4.79 Å². The second-order valence-corrected chi connectivity index (χ2v) is 6.60. The summed E-state index contributed by atoms with van der Waals surface area (Å²) in [7, 11) is 0. The summed E-state index contributed by atoms with van der Waals surface area (Å²) >= 11 is 0. The Balaban J connectivity index is 1.42. The van der Waals surface area contributed by atoms with Gasteiger partial charge in [-0.2, -0.15) is 0 Å². The lowest BCUT2D eigenvalue weighted by atomic mass is 10.1. The first kappa shape index (κ1) is 19.5. The van der Waals surface area contributed by atoms with E-state index in [1.807, 2.05) is 45.0 Å². The van der Waals surface area contributed by atoms with Crippen molar-refractivity contribution in [2.24, 2.45) is 0 Å². The molecule has 0 aliphatic carbocycles. The van der Waals surface area contributed by atoms with Crippen LogP contribution >= 0.6 is 0 Å². The van der Waals surface area contributed by atoms with Crippen LogP contribution in [0.15, 0.2) is 36.4 Å². The molecule has 0 unspecified atom stereocenters. The molecule has 1 N–H and O–H groups in total. The van der Waals surface area contributed by atoms with Crippen LogP contribution in [0.1, 0.15) is 29.7 Å². The summed E-state index contributed by atoms with van der Waals surface area (Å²) in [5.41, 5.74) is 3.08. The van der Waals surface area contributed by atoms with Crippen molar-refractivity contribution in [3.63, 3.8) is 0 Å². The van der Waals surface area contributed by atoms with Gasteiger partial charge in [-0.05, 0) is 61.7 Å². The predicted octanol–water partition coefficient (Wildman–Crippen LogP) is 2.83. The van der Waals surface area contributed by atoms with Gasteiger partial charge in [0.2, 0.25) is 6.79 Å². The smallest absolute Gasteiger partial charge is 0.344 e. The predicted molar refractivity (Wildman–Crippen MR) is 101 cm³/mol. The Kier molecular flexibility index (Phi) is 6.03. The maximum Gasteiger partial charge on any atom is 0.344 e. The van der Waals surface area contributed by atoms with Crippen molar-refractivity contribution in [1.82, 2.24) is 5.32 Å². The highest BCUT2D eigenvalue weighted by Gasteiger charge is 2.17. The van der Waals surface area contributed by atoms with Crippen molar-refractivity contribution in [2.75, 3.05) is 20.0 Å². The number of esters is 1. The molecule has 3 rings (SSSR count). The van der Waals surface area contributed by atoms with E-state index < -0.39 is 11.9 Å². The number of fused-ring (bicyclic) bond motifs is 1. The lowest BCUT2D eigenvalue weighted by Gasteiger charge is -2.15. The molecule has 0 spiro atoms. The molecule has 0 bridgehead atoms. The molecule has 1 aliphatic heterocycles. The number of benzene rings is 2. The Hall–Kier alpha value is -3.22. The molecule has 2 aromatic rings. The maximum atomic E-state index is 12.0. The largest absolute Gasteiger partial charge is 0.482 e. The summed E-state index contributed by atoms with van der Waals surface area (Å²) in [6.45, 7) is 5.36. The van der Waals surface area contributed by atoms with E-state index in [0.29, 0.717) is 17.2 Å². The topological polar surface area (TPSA) is 83.1 Å². The summed E-state index contributed by atoms with van der Waals surface area (Å²) in [4.78, 5) is 23.8. The van der Waals surface area contributed by atoms with Gasteiger partial charge in [0.1, 0.15) is 5.75 Å². The van der Waals surface area contributed by atoms with Gasteiger partial charge in [0.25, 0.3) is 5.91 Å². The first-order chi connectivity index (χ1) is 13.4. The first-order valence-electron chi connectivity index (χ1n) is 8.97. The number of rotatable bonds is 7. The molecule has 0 saturated heterocycles. The van der Waals surface area contributed by atoms with E-state index in [1.54, 1.807) is 12.1 Å². The fourth-order valence-electron chi connectivity index (χ4n) is 2.68. The zero-order valence-corrected chi connectivity index (χ0v) is 16.1. The van der Waals surface area contributed by atoms with Gasteiger partial charge >= 0.3 is 5.97 Å². The van der Waals surface area contributed by atoms with Gasteiger partial charge in [-0.1, -0.05) is 12.1 Å². The molecular formula is C21H23NO6. The number of ether oxygens (including phenoxy) is 4. The number of nitrogens with one attached hydrogen (secondary N) is 1. The highest BCUT2D eigenvalue weighted by atomic mass is 16.7. The van der Waals surface area contributed by atoms with E-state index in [-0.39, 0.29) is 26.0 Å². The van der Waals surface area contributed by atoms with Crippen molar-refractivity contribution < 1.29 is 28.5 Å². The molecule has 1 atom stereocenters. The zero-order valence-electron chi connectivity index (χ0n) is 16.1. The Bertz CT molecular complexity index is 879. The quantitative estimate of drug-likeness (QED) is 0.738. The van der Waals surface area contributed by atoms with Crippen LogP contribution < -0.4 is 19.5 Å². The second-order valence-electron chi connectivity index (χ2n) is 6.60. The molecule has 0 radical (unpaired) electrons. The summed E-state index contributed by atoms with van der Waals surface area (Å²) in [5.74, 6) is 0.906. The molecule has 7 nitrogen and oxygen atoms in total. The minimum Gasteiger partial charge on any atom is -0.482 e. The van der Waals surface area contributed by atoms with E-state index in [9.17, 15) is 9.59 Å². The molecule has 28 heavy (non-hydrogen) atoms. The van der Waals surface area contributed by atoms with Crippen molar-refractivity contribution in [3.05, 3.63) is 53.1 Å². The maximum absolute atomic E-state index is 12.0. The molecular weight excluding hydrogens is 362 g/mol. The number of hydrogen-bond acceptors (Lipinski definition) is 6. The number of aryl methyl sites for hydroxylation is 2. The second kappa shape index (κ2) is 8.65. The van der Waals surface area contributed by atoms with E-state index in [0.717, 1.165) is 16.7 Å². The molecule has 1 aliphatic rings. The average Bonchev–Trinajstić information content (AvgIpc) is 3.15. The minimum atomic E-state index is -0.607. The first-order valence-corrected chi connectivity index (χ1v) is 8.97. The standard InChI is InChI=1S/C21H23NO6/c1-13-4-6-17(8-14(13)2)25-11-21(24)26-10-20(23)22-15(3)16-5-7-18-19(9-16)28-12-27-18/h4-9,15H,10-12H2,1-3H3,(H,22,23)/t15-/m1/s1. The van der Waals surface area contributed by atoms with E-state index in [4.69, 9.17) is 18.9 Å². The van der Waals surface area contributed by atoms with Crippen LogP contribution in [0.4, 0.5) is 0 Å². The van der Waals surface area contributed by atoms with Gasteiger partial charge in [-0.15, -0.1) is 0 Å². The Morgan fingerprint density at radius 2 is 1.82 bits per heavy atom. The number of carbonyl (C=O) groups is 2. The van der Waals surface area contributed by atoms with E-state index in [1.165, 1.54) is 0 Å². The van der Waals surface area contributed by atoms with Crippen LogP contribution in [0.2, 0.25) is 0 Å². The van der Waals surface area contributed by atoms with Gasteiger partial charge in [-0.25, -0.2) is 4.79 Å². The van der Waals surface area contributed by atoms with Gasteiger partial charge in [0.05, 0.1) is 6.04 Å². The summed E-state index contributed by atoms with van der Waals surface area (Å²) in [6, 6.07) is 10.7. The molecule has 7 heteroatoms. The normalized spacial score (nSPS) is 13.0. The van der Waals surface area contributed by atoms with Crippen molar-refractivity contribution in [2.45, 2.75) is 26.8 Å². The fourth-order valence-corrected chi connectivity index (χ4v) is 2.68. The molecule has 2 aromatic carbocycles. The SMILES string of the molecule is Cc1ccc(OCC(=O)OCC(=O)N[C@H](C)c2ccc3c(c2)OCO3)cc1C. The Morgan fingerprint density at radius 1 is 1.04 bits per heavy atom. The molecule has 0 fully saturated rings. The summed E-state index contributed by atoms with van der Waals surface area (Å²) in [6.07, 6.45) is 0. The molecule has 1 heterocycles. The monoisotopic (exact) mass is 385 g/mol. The lowest BCUT2D eigenvalue weighted by molar-refractivity contribution is -0.150. The van der Waals surface area contributed by atoms with Crippen molar-refractivity contribution in [1.29, 1.82) is 0 Å². The zero-order chi connectivity index (χ0) is 20.1. The summed E-state index contributed by atoms with van der Waals surface area (Å²) in [5, 5.41) is 2.78. The number of amides is 1. The van der Waals surface area contributed by atoms with Crippen LogP contribution in [-0.4, -0.2) is 31.9 Å². The summed E-state index contributed by atoms with van der Waals surface area (Å²) < 4.78 is 21.0. The third-order valence-electron chi connectivity index (χ3n) is 4.47. The van der Waals surface area contributed by atoms with Crippen LogP contribution in [0.5, 0.6) is 17.2 Å². The average molecular weight is 385 g/mol. The number of hydrogen-bond donors (Lipinski definition) is 1. The molecule has 0 aromatic heterocycles. The van der Waals surface area contributed by atoms with E-state index >= 15 is 0 Å². The highest BCUT2D eigenvalue weighted by Crippen LogP contribution is 2.34. The van der Waals surface area contributed by atoms with Crippen LogP contribution in [0.3, 0.4) is 0 Å². The van der Waals surface area contributed by atoms with Gasteiger partial charge < -0.3 is 24.3 Å². The van der Waals surface area contributed by atoms with Crippen molar-refractivity contribution >= 4 is 11.9 Å². The van der Waals surface area contributed by atoms with Crippen LogP contribution in [-0.2, 0) is 14.3 Å². The molecule has 1 amide bonds. The van der Waals surface area contributed by atoms with E-state index in [2.05, 4.69) is 5.32 Å². The van der Waals surface area contributed by atoms with Crippen LogP contribution in [0.25, 0.3) is 0 Å². The van der Waals surface area contributed by atoms with Gasteiger partial charge in [0.15, 0.2) is 24.7 Å². The van der Waals surface area contributed by atoms with Gasteiger partial charge in [0, 0.05) is 0 Å². The minimum absolute atomic E-state index is 0.194.